The van der Waals surface area contributed by atoms with Crippen LogP contribution in [0.15, 0.2) is 65.5 Å². The number of methoxy groups -OCH3 is 3. The number of benzene rings is 3. The lowest BCUT2D eigenvalue weighted by Gasteiger charge is -2.14. The molecule has 4 aromatic rings. The summed E-state index contributed by atoms with van der Waals surface area (Å²) >= 11 is 0. The van der Waals surface area contributed by atoms with Gasteiger partial charge in [-0.2, -0.15) is 0 Å². The van der Waals surface area contributed by atoms with Crippen LogP contribution in [0, 0.1) is 0 Å². The molecule has 4 rings (SSSR count). The van der Waals surface area contributed by atoms with Gasteiger partial charge in [0.15, 0.2) is 18.1 Å². The Kier molecular flexibility index (Phi) is 8.90. The van der Waals surface area contributed by atoms with Crippen LogP contribution < -0.4 is 25.1 Å². The molecule has 0 amide bonds. The Morgan fingerprint density at radius 2 is 1.73 bits per heavy atom. The SMILES string of the molecule is CCOC(=O)COc1ccc2cc(NCc3ccc(OC)c(-c4cccc(C(=O)OC)c4)c3)c(=O)[nH]c2c1OC. The maximum Gasteiger partial charge on any atom is 0.344 e. The summed E-state index contributed by atoms with van der Waals surface area (Å²) in [7, 11) is 4.38. The van der Waals surface area contributed by atoms with Crippen molar-refractivity contribution in [3.8, 4) is 28.4 Å². The zero-order chi connectivity index (χ0) is 28.6. The number of hydrogen-bond donors (Lipinski definition) is 2. The first-order valence-corrected chi connectivity index (χ1v) is 12.5. The smallest absolute Gasteiger partial charge is 0.344 e. The van der Waals surface area contributed by atoms with Crippen molar-refractivity contribution in [2.45, 2.75) is 13.5 Å². The Bertz CT molecular complexity index is 1590. The molecule has 40 heavy (non-hydrogen) atoms. The van der Waals surface area contributed by atoms with E-state index in [1.165, 1.54) is 14.2 Å². The van der Waals surface area contributed by atoms with Crippen LogP contribution in [0.5, 0.6) is 17.2 Å². The van der Waals surface area contributed by atoms with Crippen LogP contribution in [-0.4, -0.2) is 51.5 Å². The summed E-state index contributed by atoms with van der Waals surface area (Å²) in [6.45, 7) is 2.03. The van der Waals surface area contributed by atoms with Gasteiger partial charge in [-0.05, 0) is 60.5 Å². The third-order valence-corrected chi connectivity index (χ3v) is 6.13. The molecule has 1 heterocycles. The molecule has 1 aromatic heterocycles. The minimum atomic E-state index is -0.504. The van der Waals surface area contributed by atoms with Gasteiger partial charge in [-0.15, -0.1) is 0 Å². The van der Waals surface area contributed by atoms with Crippen LogP contribution in [0.1, 0.15) is 22.8 Å². The number of H-pyrrole nitrogens is 1. The van der Waals surface area contributed by atoms with E-state index < -0.39 is 11.9 Å². The van der Waals surface area contributed by atoms with Crippen molar-refractivity contribution in [3.05, 3.63) is 82.1 Å². The molecule has 0 aliphatic rings. The lowest BCUT2D eigenvalue weighted by Crippen LogP contribution is -2.16. The van der Waals surface area contributed by atoms with Crippen molar-refractivity contribution in [1.82, 2.24) is 4.98 Å². The van der Waals surface area contributed by atoms with Gasteiger partial charge in [0, 0.05) is 17.5 Å². The van der Waals surface area contributed by atoms with E-state index in [2.05, 4.69) is 10.3 Å². The van der Waals surface area contributed by atoms with Crippen molar-refractivity contribution < 1.29 is 33.3 Å². The lowest BCUT2D eigenvalue weighted by molar-refractivity contribution is -0.145. The maximum absolute atomic E-state index is 13.0. The largest absolute Gasteiger partial charge is 0.496 e. The summed E-state index contributed by atoms with van der Waals surface area (Å²) in [6.07, 6.45) is 0. The number of aromatic nitrogens is 1. The third kappa shape index (κ3) is 6.17. The number of nitrogens with one attached hydrogen (secondary N) is 2. The second kappa shape index (κ2) is 12.7. The first-order chi connectivity index (χ1) is 19.4. The van der Waals surface area contributed by atoms with Crippen LogP contribution in [0.2, 0.25) is 0 Å². The Balaban J connectivity index is 1.58. The Hall–Kier alpha value is -4.99. The zero-order valence-electron chi connectivity index (χ0n) is 22.7. The standard InChI is InChI=1S/C30H30N2O8/c1-5-39-26(33)17-40-25-12-10-20-15-23(29(34)32-27(20)28(25)37-3)31-16-18-9-11-24(36-2)22(13-18)19-7-6-8-21(14-19)30(35)38-4/h6-15,31H,5,16-17H2,1-4H3,(H,32,34). The summed E-state index contributed by atoms with van der Waals surface area (Å²) in [6, 6.07) is 17.9. The third-order valence-electron chi connectivity index (χ3n) is 6.13. The highest BCUT2D eigenvalue weighted by Crippen LogP contribution is 2.35. The number of carbonyl (C=O) groups is 2. The molecule has 0 aliphatic carbocycles. The summed E-state index contributed by atoms with van der Waals surface area (Å²) < 4.78 is 26.3. The molecular weight excluding hydrogens is 516 g/mol. The maximum atomic E-state index is 13.0. The van der Waals surface area contributed by atoms with Crippen molar-refractivity contribution in [3.63, 3.8) is 0 Å². The molecule has 0 bridgehead atoms. The normalized spacial score (nSPS) is 10.6. The van der Waals surface area contributed by atoms with Gasteiger partial charge in [0.25, 0.3) is 5.56 Å². The molecule has 0 fully saturated rings. The molecular formula is C30H30N2O8. The summed E-state index contributed by atoms with van der Waals surface area (Å²) in [5.74, 6) is 0.322. The van der Waals surface area contributed by atoms with E-state index >= 15 is 0 Å². The molecule has 208 valence electrons. The van der Waals surface area contributed by atoms with Crippen LogP contribution in [-0.2, 0) is 20.8 Å². The fourth-order valence-corrected chi connectivity index (χ4v) is 4.24. The van der Waals surface area contributed by atoms with Gasteiger partial charge >= 0.3 is 11.9 Å². The number of esters is 2. The van der Waals surface area contributed by atoms with Gasteiger partial charge in [-0.25, -0.2) is 9.59 Å². The van der Waals surface area contributed by atoms with Gasteiger partial charge in [-0.3, -0.25) is 4.79 Å². The van der Waals surface area contributed by atoms with Crippen LogP contribution in [0.3, 0.4) is 0 Å². The Morgan fingerprint density at radius 3 is 2.45 bits per heavy atom. The van der Waals surface area contributed by atoms with Crippen molar-refractivity contribution >= 4 is 28.5 Å². The molecule has 0 aliphatic heterocycles. The number of rotatable bonds is 11. The number of hydrogen-bond acceptors (Lipinski definition) is 9. The average Bonchev–Trinajstić information content (AvgIpc) is 2.98. The zero-order valence-corrected chi connectivity index (χ0v) is 22.7. The molecule has 10 heteroatoms. The van der Waals surface area contributed by atoms with Crippen molar-refractivity contribution in [2.24, 2.45) is 0 Å². The fourth-order valence-electron chi connectivity index (χ4n) is 4.24. The number of pyridine rings is 1. The van der Waals surface area contributed by atoms with Crippen LogP contribution in [0.4, 0.5) is 5.69 Å². The van der Waals surface area contributed by atoms with E-state index in [1.807, 2.05) is 24.3 Å². The van der Waals surface area contributed by atoms with E-state index in [4.69, 9.17) is 23.7 Å². The predicted molar refractivity (Wildman–Crippen MR) is 150 cm³/mol. The van der Waals surface area contributed by atoms with Gasteiger partial charge in [0.1, 0.15) is 11.4 Å². The fraction of sp³-hybridized carbons (Fsp3) is 0.233. The summed E-state index contributed by atoms with van der Waals surface area (Å²) in [5, 5.41) is 3.90. The minimum absolute atomic E-state index is 0.251. The Morgan fingerprint density at radius 1 is 0.925 bits per heavy atom. The molecule has 0 spiro atoms. The van der Waals surface area contributed by atoms with Gasteiger partial charge in [-0.1, -0.05) is 18.2 Å². The number of ether oxygens (including phenoxy) is 5. The predicted octanol–water partition coefficient (Wildman–Crippen LogP) is 4.55. The molecule has 0 saturated carbocycles. The van der Waals surface area contributed by atoms with Gasteiger partial charge < -0.3 is 34.0 Å². The highest BCUT2D eigenvalue weighted by atomic mass is 16.6. The second-order valence-corrected chi connectivity index (χ2v) is 8.63. The van der Waals surface area contributed by atoms with Crippen LogP contribution in [0.25, 0.3) is 22.0 Å². The average molecular weight is 547 g/mol. The summed E-state index contributed by atoms with van der Waals surface area (Å²) in [4.78, 5) is 39.5. The van der Waals surface area contributed by atoms with Gasteiger partial charge in [0.05, 0.1) is 39.0 Å². The monoisotopic (exact) mass is 546 g/mol. The molecule has 0 saturated heterocycles. The highest BCUT2D eigenvalue weighted by Gasteiger charge is 2.15. The second-order valence-electron chi connectivity index (χ2n) is 8.63. The number of aromatic amines is 1. The minimum Gasteiger partial charge on any atom is -0.496 e. The topological polar surface area (TPSA) is 125 Å². The molecule has 10 nitrogen and oxygen atoms in total. The Labute approximate surface area is 230 Å². The summed E-state index contributed by atoms with van der Waals surface area (Å²) in [5.41, 5.74) is 3.35. The first-order valence-electron chi connectivity index (χ1n) is 12.5. The van der Waals surface area contributed by atoms with E-state index in [0.717, 1.165) is 16.7 Å². The number of carbonyl (C=O) groups excluding carboxylic acids is 2. The molecule has 0 radical (unpaired) electrons. The molecule has 3 aromatic carbocycles. The van der Waals surface area contributed by atoms with Crippen molar-refractivity contribution in [1.29, 1.82) is 0 Å². The number of fused-ring (bicyclic) bond motifs is 1. The molecule has 0 unspecified atom stereocenters. The highest BCUT2D eigenvalue weighted by molar-refractivity contribution is 5.91. The van der Waals surface area contributed by atoms with E-state index in [0.29, 0.717) is 45.9 Å². The van der Waals surface area contributed by atoms with E-state index in [-0.39, 0.29) is 18.8 Å². The lowest BCUT2D eigenvalue weighted by atomic mass is 10.00. The first kappa shape index (κ1) is 28.0. The van der Waals surface area contributed by atoms with Gasteiger partial charge in [0.2, 0.25) is 0 Å². The van der Waals surface area contributed by atoms with Crippen molar-refractivity contribution in [2.75, 3.05) is 39.9 Å². The van der Waals surface area contributed by atoms with E-state index in [1.54, 1.807) is 50.4 Å². The quantitative estimate of drug-likeness (QED) is 0.261. The molecule has 0 atom stereocenters. The van der Waals surface area contributed by atoms with E-state index in [9.17, 15) is 14.4 Å². The van der Waals surface area contributed by atoms with Crippen LogP contribution >= 0.6 is 0 Å². The number of anilines is 1. The molecule has 2 N–H and O–H groups in total.